The van der Waals surface area contributed by atoms with Crippen LogP contribution in [0.2, 0.25) is 0 Å². The van der Waals surface area contributed by atoms with Gasteiger partial charge in [0.25, 0.3) is 5.91 Å². The number of anilines is 1. The molecule has 17 heavy (non-hydrogen) atoms. The van der Waals surface area contributed by atoms with E-state index >= 15 is 0 Å². The lowest BCUT2D eigenvalue weighted by Gasteiger charge is -2.12. The fraction of sp³-hybridized carbons (Fsp3) is 0.167. The van der Waals surface area contributed by atoms with E-state index in [1.54, 1.807) is 23.6 Å². The van der Waals surface area contributed by atoms with E-state index in [9.17, 15) is 4.79 Å². The third-order valence-corrected chi connectivity index (χ3v) is 3.47. The topological polar surface area (TPSA) is 68.0 Å². The summed E-state index contributed by atoms with van der Waals surface area (Å²) >= 11 is 1.61. The molecule has 0 aliphatic rings. The van der Waals surface area contributed by atoms with Crippen molar-refractivity contribution in [2.75, 3.05) is 5.73 Å². The monoisotopic (exact) mass is 247 g/mol. The number of carbonyl (C=O) groups is 1. The molecule has 4 nitrogen and oxygen atoms in total. The lowest BCUT2D eigenvalue weighted by atomic mass is 10.2. The number of carbonyl (C=O) groups excluding carboxylic acids is 1. The fourth-order valence-corrected chi connectivity index (χ4v) is 2.21. The zero-order valence-corrected chi connectivity index (χ0v) is 10.2. The van der Waals surface area contributed by atoms with Gasteiger partial charge in [0, 0.05) is 23.0 Å². The van der Waals surface area contributed by atoms with Gasteiger partial charge < -0.3 is 11.1 Å². The lowest BCUT2D eigenvalue weighted by Crippen LogP contribution is -2.27. The van der Waals surface area contributed by atoms with Gasteiger partial charge in [0.05, 0.1) is 11.6 Å². The Kier molecular flexibility index (Phi) is 3.39. The van der Waals surface area contributed by atoms with Gasteiger partial charge in [0.15, 0.2) is 0 Å². The van der Waals surface area contributed by atoms with E-state index in [1.807, 2.05) is 24.4 Å². The van der Waals surface area contributed by atoms with Crippen molar-refractivity contribution in [3.05, 3.63) is 46.4 Å². The maximum atomic E-state index is 11.9. The summed E-state index contributed by atoms with van der Waals surface area (Å²) in [6.45, 7) is 1.94. The normalized spacial score (nSPS) is 12.1. The Hall–Kier alpha value is -1.88. The maximum Gasteiger partial charge on any atom is 0.255 e. The number of rotatable bonds is 3. The number of pyridine rings is 1. The zero-order chi connectivity index (χ0) is 12.3. The maximum absolute atomic E-state index is 11.9. The van der Waals surface area contributed by atoms with Crippen LogP contribution in [0.25, 0.3) is 0 Å². The molecule has 5 heteroatoms. The van der Waals surface area contributed by atoms with E-state index in [0.29, 0.717) is 11.3 Å². The summed E-state index contributed by atoms with van der Waals surface area (Å²) in [6, 6.07) is 5.54. The summed E-state index contributed by atoms with van der Waals surface area (Å²) in [5.74, 6) is -0.198. The molecule has 0 bridgehead atoms. The molecular formula is C12H13N3OS. The van der Waals surface area contributed by atoms with Crippen molar-refractivity contribution >= 4 is 22.9 Å². The molecule has 2 aromatic heterocycles. The van der Waals surface area contributed by atoms with Crippen LogP contribution in [0.1, 0.15) is 28.2 Å². The molecule has 3 N–H and O–H groups in total. The van der Waals surface area contributed by atoms with Crippen molar-refractivity contribution in [1.82, 2.24) is 10.3 Å². The molecule has 0 saturated heterocycles. The van der Waals surface area contributed by atoms with E-state index in [-0.39, 0.29) is 11.9 Å². The highest BCUT2D eigenvalue weighted by atomic mass is 32.1. The Morgan fingerprint density at radius 2 is 2.35 bits per heavy atom. The summed E-state index contributed by atoms with van der Waals surface area (Å²) in [6.07, 6.45) is 3.04. The average Bonchev–Trinajstić information content (AvgIpc) is 2.82. The molecule has 2 aromatic rings. The quantitative estimate of drug-likeness (QED) is 0.873. The fourth-order valence-electron chi connectivity index (χ4n) is 1.48. The molecule has 88 valence electrons. The number of nitrogen functional groups attached to an aromatic ring is 1. The first-order valence-corrected chi connectivity index (χ1v) is 6.10. The second-order valence-corrected chi connectivity index (χ2v) is 4.65. The molecule has 0 saturated carbocycles. The van der Waals surface area contributed by atoms with Crippen LogP contribution in [-0.2, 0) is 0 Å². The molecule has 0 aliphatic carbocycles. The molecule has 0 aliphatic heterocycles. The van der Waals surface area contributed by atoms with Gasteiger partial charge in [-0.05, 0) is 24.4 Å². The van der Waals surface area contributed by atoms with Gasteiger partial charge in [-0.2, -0.15) is 0 Å². The summed E-state index contributed by atoms with van der Waals surface area (Å²) in [4.78, 5) is 17.0. The number of thiophene rings is 1. The largest absolute Gasteiger partial charge is 0.398 e. The van der Waals surface area contributed by atoms with Gasteiger partial charge in [-0.25, -0.2) is 0 Å². The molecule has 1 atom stereocenters. The van der Waals surface area contributed by atoms with E-state index in [0.717, 1.165) is 4.88 Å². The number of nitrogens with one attached hydrogen (secondary N) is 1. The molecule has 0 spiro atoms. The van der Waals surface area contributed by atoms with Gasteiger partial charge >= 0.3 is 0 Å². The van der Waals surface area contributed by atoms with Crippen molar-refractivity contribution in [3.63, 3.8) is 0 Å². The van der Waals surface area contributed by atoms with Crippen LogP contribution in [0.4, 0.5) is 5.69 Å². The first-order chi connectivity index (χ1) is 8.18. The Morgan fingerprint density at radius 1 is 1.53 bits per heavy atom. The first kappa shape index (κ1) is 11.6. The summed E-state index contributed by atoms with van der Waals surface area (Å²) in [5, 5.41) is 4.87. The third kappa shape index (κ3) is 2.62. The SMILES string of the molecule is CC(NC(=O)c1cnccc1N)c1cccs1. The predicted molar refractivity (Wildman–Crippen MR) is 68.8 cm³/mol. The van der Waals surface area contributed by atoms with Crippen LogP contribution in [0.15, 0.2) is 36.0 Å². The Labute approximate surface area is 103 Å². The smallest absolute Gasteiger partial charge is 0.255 e. The second-order valence-electron chi connectivity index (χ2n) is 3.67. The summed E-state index contributed by atoms with van der Waals surface area (Å²) < 4.78 is 0. The van der Waals surface area contributed by atoms with Gasteiger partial charge in [-0.1, -0.05) is 6.07 Å². The van der Waals surface area contributed by atoms with E-state index < -0.39 is 0 Å². The molecule has 0 radical (unpaired) electrons. The minimum Gasteiger partial charge on any atom is -0.398 e. The summed E-state index contributed by atoms with van der Waals surface area (Å²) in [7, 11) is 0. The van der Waals surface area contributed by atoms with Gasteiger partial charge in [0.1, 0.15) is 0 Å². The first-order valence-electron chi connectivity index (χ1n) is 5.22. The van der Waals surface area contributed by atoms with Crippen LogP contribution < -0.4 is 11.1 Å². The average molecular weight is 247 g/mol. The Morgan fingerprint density at radius 3 is 3.00 bits per heavy atom. The number of hydrogen-bond acceptors (Lipinski definition) is 4. The lowest BCUT2D eigenvalue weighted by molar-refractivity contribution is 0.0941. The minimum absolute atomic E-state index is 0.0258. The number of amides is 1. The van der Waals surface area contributed by atoms with Crippen molar-refractivity contribution in [1.29, 1.82) is 0 Å². The van der Waals surface area contributed by atoms with Crippen molar-refractivity contribution in [2.24, 2.45) is 0 Å². The molecule has 0 fully saturated rings. The molecule has 2 heterocycles. The highest BCUT2D eigenvalue weighted by Crippen LogP contribution is 2.19. The number of hydrogen-bond donors (Lipinski definition) is 2. The summed E-state index contributed by atoms with van der Waals surface area (Å²) in [5.41, 5.74) is 6.57. The Bertz CT molecular complexity index is 510. The Balaban J connectivity index is 2.10. The predicted octanol–water partition coefficient (Wildman–Crippen LogP) is 2.22. The van der Waals surface area contributed by atoms with Crippen LogP contribution in [0.5, 0.6) is 0 Å². The van der Waals surface area contributed by atoms with Crippen molar-refractivity contribution in [2.45, 2.75) is 13.0 Å². The van der Waals surface area contributed by atoms with Gasteiger partial charge in [-0.15, -0.1) is 11.3 Å². The highest BCUT2D eigenvalue weighted by Gasteiger charge is 2.14. The number of aromatic nitrogens is 1. The van der Waals surface area contributed by atoms with Gasteiger partial charge in [-0.3, -0.25) is 9.78 Å². The second kappa shape index (κ2) is 4.97. The van der Waals surface area contributed by atoms with Crippen molar-refractivity contribution in [3.8, 4) is 0 Å². The number of nitrogens with zero attached hydrogens (tertiary/aromatic N) is 1. The highest BCUT2D eigenvalue weighted by molar-refractivity contribution is 7.10. The van der Waals surface area contributed by atoms with Crippen LogP contribution >= 0.6 is 11.3 Å². The minimum atomic E-state index is -0.198. The van der Waals surface area contributed by atoms with Crippen molar-refractivity contribution < 1.29 is 4.79 Å². The van der Waals surface area contributed by atoms with Crippen LogP contribution in [-0.4, -0.2) is 10.9 Å². The molecule has 1 amide bonds. The number of nitrogens with two attached hydrogens (primary N) is 1. The van der Waals surface area contributed by atoms with Crippen LogP contribution in [0.3, 0.4) is 0 Å². The zero-order valence-electron chi connectivity index (χ0n) is 9.38. The van der Waals surface area contributed by atoms with E-state index in [1.165, 1.54) is 6.20 Å². The van der Waals surface area contributed by atoms with E-state index in [2.05, 4.69) is 10.3 Å². The molecular weight excluding hydrogens is 234 g/mol. The standard InChI is InChI=1S/C12H13N3OS/c1-8(11-3-2-6-17-11)15-12(16)9-7-14-5-4-10(9)13/h2-8H,1H3,(H2,13,14)(H,15,16). The third-order valence-electron chi connectivity index (χ3n) is 2.42. The van der Waals surface area contributed by atoms with E-state index in [4.69, 9.17) is 5.73 Å². The van der Waals surface area contributed by atoms with Gasteiger partial charge in [0.2, 0.25) is 0 Å². The molecule has 0 aromatic carbocycles. The molecule has 1 unspecified atom stereocenters. The van der Waals surface area contributed by atoms with Crippen LogP contribution in [0, 0.1) is 0 Å². The molecule has 2 rings (SSSR count).